The predicted octanol–water partition coefficient (Wildman–Crippen LogP) is 4.07. The zero-order chi connectivity index (χ0) is 15.9. The molecule has 1 aliphatic heterocycles. The van der Waals surface area contributed by atoms with Gasteiger partial charge in [0, 0.05) is 13.1 Å². The van der Waals surface area contributed by atoms with E-state index >= 15 is 0 Å². The average molecular weight is 392 g/mol. The zero-order valence-electron chi connectivity index (χ0n) is 13.0. The van der Waals surface area contributed by atoms with Crippen molar-refractivity contribution < 1.29 is 4.79 Å². The Morgan fingerprint density at radius 3 is 2.78 bits per heavy atom. The Morgan fingerprint density at radius 2 is 2.22 bits per heavy atom. The van der Waals surface area contributed by atoms with Crippen LogP contribution in [0.25, 0.3) is 9.88 Å². The Labute approximate surface area is 155 Å². The summed E-state index contributed by atoms with van der Waals surface area (Å²) >= 11 is 8.91. The molecule has 0 aromatic carbocycles. The van der Waals surface area contributed by atoms with Crippen molar-refractivity contribution in [2.24, 2.45) is 11.1 Å². The zero-order valence-corrected chi connectivity index (χ0v) is 16.2. The molecule has 126 valence electrons. The van der Waals surface area contributed by atoms with E-state index in [0.29, 0.717) is 6.54 Å². The molecule has 0 bridgehead atoms. The van der Waals surface area contributed by atoms with Crippen molar-refractivity contribution in [2.45, 2.75) is 20.3 Å². The quantitative estimate of drug-likeness (QED) is 0.857. The molecular formula is C15H19Cl2N3OS2. The van der Waals surface area contributed by atoms with E-state index in [1.807, 2.05) is 24.0 Å². The second-order valence-corrected chi connectivity index (χ2v) is 8.74. The number of hydrogen-bond acceptors (Lipinski definition) is 5. The molecule has 1 saturated heterocycles. The van der Waals surface area contributed by atoms with Crippen LogP contribution in [0.15, 0.2) is 12.1 Å². The molecule has 1 aliphatic rings. The van der Waals surface area contributed by atoms with Crippen LogP contribution in [0.5, 0.6) is 0 Å². The van der Waals surface area contributed by atoms with Crippen molar-refractivity contribution in [3.63, 3.8) is 0 Å². The fraction of sp³-hybridized carbons (Fsp3) is 0.467. The summed E-state index contributed by atoms with van der Waals surface area (Å²) in [4.78, 5) is 20.9. The van der Waals surface area contributed by atoms with Gasteiger partial charge in [-0.1, -0.05) is 18.5 Å². The van der Waals surface area contributed by atoms with Gasteiger partial charge >= 0.3 is 0 Å². The second kappa shape index (κ2) is 7.07. The lowest BCUT2D eigenvalue weighted by Crippen LogP contribution is -2.34. The minimum absolute atomic E-state index is 0. The Balaban J connectivity index is 0.00000192. The monoisotopic (exact) mass is 391 g/mol. The van der Waals surface area contributed by atoms with E-state index in [4.69, 9.17) is 17.3 Å². The van der Waals surface area contributed by atoms with Gasteiger partial charge in [0.15, 0.2) is 0 Å². The van der Waals surface area contributed by atoms with Gasteiger partial charge in [0.05, 0.1) is 14.9 Å². The summed E-state index contributed by atoms with van der Waals surface area (Å²) < 4.78 is 0.731. The third-order valence-electron chi connectivity index (χ3n) is 4.11. The minimum Gasteiger partial charge on any atom is -0.337 e. The van der Waals surface area contributed by atoms with Crippen molar-refractivity contribution in [1.82, 2.24) is 9.88 Å². The number of thiophene rings is 1. The highest BCUT2D eigenvalue weighted by atomic mass is 35.5. The van der Waals surface area contributed by atoms with E-state index in [1.165, 1.54) is 22.7 Å². The number of carbonyl (C=O) groups excluding carboxylic acids is 1. The van der Waals surface area contributed by atoms with E-state index < -0.39 is 0 Å². The van der Waals surface area contributed by atoms with Crippen LogP contribution in [0.1, 0.15) is 28.7 Å². The molecule has 0 saturated carbocycles. The molecular weight excluding hydrogens is 373 g/mol. The number of hydrogen-bond donors (Lipinski definition) is 1. The second-order valence-electron chi connectivity index (χ2n) is 6.03. The van der Waals surface area contributed by atoms with E-state index in [0.717, 1.165) is 44.3 Å². The maximum absolute atomic E-state index is 12.8. The number of aromatic nitrogens is 1. The molecule has 1 amide bonds. The van der Waals surface area contributed by atoms with E-state index in [9.17, 15) is 4.79 Å². The molecule has 8 heteroatoms. The molecule has 1 atom stereocenters. The molecule has 2 aromatic rings. The van der Waals surface area contributed by atoms with Gasteiger partial charge in [-0.2, -0.15) is 0 Å². The fourth-order valence-corrected chi connectivity index (χ4v) is 4.77. The van der Waals surface area contributed by atoms with Crippen LogP contribution in [0.3, 0.4) is 0 Å². The normalized spacial score (nSPS) is 20.6. The van der Waals surface area contributed by atoms with Gasteiger partial charge in [-0.3, -0.25) is 4.79 Å². The molecule has 1 fully saturated rings. The van der Waals surface area contributed by atoms with Crippen LogP contribution in [0, 0.1) is 12.3 Å². The van der Waals surface area contributed by atoms with E-state index in [-0.39, 0.29) is 23.7 Å². The highest BCUT2D eigenvalue weighted by molar-refractivity contribution is 7.24. The summed E-state index contributed by atoms with van der Waals surface area (Å²) in [6.45, 7) is 6.13. The smallest absolute Gasteiger partial charge is 0.265 e. The topological polar surface area (TPSA) is 59.2 Å². The number of nitrogens with zero attached hydrogens (tertiary/aromatic N) is 2. The van der Waals surface area contributed by atoms with Gasteiger partial charge in [-0.25, -0.2) is 4.98 Å². The molecule has 0 radical (unpaired) electrons. The van der Waals surface area contributed by atoms with Gasteiger partial charge < -0.3 is 10.6 Å². The summed E-state index contributed by atoms with van der Waals surface area (Å²) in [5.41, 5.74) is 6.65. The van der Waals surface area contributed by atoms with Gasteiger partial charge in [-0.05, 0) is 37.4 Å². The van der Waals surface area contributed by atoms with Gasteiger partial charge in [-0.15, -0.1) is 35.1 Å². The van der Waals surface area contributed by atoms with Crippen LogP contribution in [0.4, 0.5) is 0 Å². The van der Waals surface area contributed by atoms with E-state index in [1.54, 1.807) is 0 Å². The third-order valence-corrected chi connectivity index (χ3v) is 6.66. The number of thiazole rings is 1. The van der Waals surface area contributed by atoms with E-state index in [2.05, 4.69) is 11.9 Å². The first-order valence-electron chi connectivity index (χ1n) is 7.14. The Bertz CT molecular complexity index is 715. The molecule has 3 rings (SSSR count). The summed E-state index contributed by atoms with van der Waals surface area (Å²) in [7, 11) is 0. The molecule has 0 aliphatic carbocycles. The van der Waals surface area contributed by atoms with Crippen LogP contribution in [0.2, 0.25) is 4.34 Å². The summed E-state index contributed by atoms with van der Waals surface area (Å²) in [5, 5.41) is 0.860. The Morgan fingerprint density at radius 1 is 1.48 bits per heavy atom. The van der Waals surface area contributed by atoms with Gasteiger partial charge in [0.2, 0.25) is 0 Å². The summed E-state index contributed by atoms with van der Waals surface area (Å²) in [5.74, 6) is 0.0704. The number of rotatable bonds is 3. The first kappa shape index (κ1) is 18.7. The van der Waals surface area contributed by atoms with Crippen LogP contribution >= 0.6 is 46.7 Å². The van der Waals surface area contributed by atoms with Crippen molar-refractivity contribution in [3.05, 3.63) is 27.0 Å². The lowest BCUT2D eigenvalue weighted by molar-refractivity contribution is 0.0780. The Kier molecular flexibility index (Phi) is 5.74. The molecule has 2 N–H and O–H groups in total. The number of nitrogens with two attached hydrogens (primary N) is 1. The van der Waals surface area contributed by atoms with Gasteiger partial charge in [0.25, 0.3) is 5.91 Å². The third kappa shape index (κ3) is 3.72. The molecule has 23 heavy (non-hydrogen) atoms. The number of carbonyl (C=O) groups is 1. The maximum atomic E-state index is 12.8. The number of aryl methyl sites for hydroxylation is 1. The molecule has 3 heterocycles. The summed E-state index contributed by atoms with van der Waals surface area (Å²) in [6, 6.07) is 3.80. The summed E-state index contributed by atoms with van der Waals surface area (Å²) in [6.07, 6.45) is 0.959. The van der Waals surface area contributed by atoms with Gasteiger partial charge in [0.1, 0.15) is 9.88 Å². The lowest BCUT2D eigenvalue weighted by atomic mass is 9.90. The standard InChI is InChI=1S/C15H18ClN3OS2.ClH/c1-9-12(14(20)19-6-5-15(2,7-17)8-19)22-13(18-9)10-3-4-11(16)21-10;/h3-4H,5-8,17H2,1-2H3;1H. The minimum atomic E-state index is 0. The van der Waals surface area contributed by atoms with Crippen molar-refractivity contribution >= 4 is 52.6 Å². The van der Waals surface area contributed by atoms with Crippen LogP contribution < -0.4 is 5.73 Å². The highest BCUT2D eigenvalue weighted by Crippen LogP contribution is 2.36. The van der Waals surface area contributed by atoms with Crippen LogP contribution in [-0.4, -0.2) is 35.4 Å². The first-order chi connectivity index (χ1) is 10.4. The number of amides is 1. The number of halogens is 2. The molecule has 1 unspecified atom stereocenters. The SMILES string of the molecule is Cc1nc(-c2ccc(Cl)s2)sc1C(=O)N1CCC(C)(CN)C1.Cl. The number of likely N-dealkylation sites (tertiary alicyclic amines) is 1. The molecule has 4 nitrogen and oxygen atoms in total. The average Bonchev–Trinajstić information content (AvgIpc) is 3.18. The molecule has 2 aromatic heterocycles. The Hall–Kier alpha value is -0.660. The fourth-order valence-electron chi connectivity index (χ4n) is 2.64. The lowest BCUT2D eigenvalue weighted by Gasteiger charge is -2.22. The largest absolute Gasteiger partial charge is 0.337 e. The van der Waals surface area contributed by atoms with Crippen LogP contribution in [-0.2, 0) is 0 Å². The highest BCUT2D eigenvalue weighted by Gasteiger charge is 2.36. The van der Waals surface area contributed by atoms with Crippen molar-refractivity contribution in [2.75, 3.05) is 19.6 Å². The maximum Gasteiger partial charge on any atom is 0.265 e. The van der Waals surface area contributed by atoms with Crippen molar-refractivity contribution in [3.8, 4) is 9.88 Å². The van der Waals surface area contributed by atoms with Crippen molar-refractivity contribution in [1.29, 1.82) is 0 Å². The predicted molar refractivity (Wildman–Crippen MR) is 100 cm³/mol. The first-order valence-corrected chi connectivity index (χ1v) is 9.15. The molecule has 0 spiro atoms.